The second-order valence-corrected chi connectivity index (χ2v) is 7.19. The topological polar surface area (TPSA) is 70.8 Å². The zero-order valence-electron chi connectivity index (χ0n) is 16.3. The van der Waals surface area contributed by atoms with Gasteiger partial charge in [0, 0.05) is 6.54 Å². The number of furan rings is 1. The molecule has 0 saturated heterocycles. The standard InChI is InChI=1S/C24H20FNO4/c1-15-7-12-19(30-15)22(27)20-21(17-8-10-18(25)11-9-17)26(24(29)23(20)28)14-13-16-5-3-2-4-6-16/h2-12,21,28H,13-14H2,1H3. The van der Waals surface area contributed by atoms with Crippen molar-refractivity contribution in [2.75, 3.05) is 6.54 Å². The summed E-state index contributed by atoms with van der Waals surface area (Å²) < 4.78 is 18.9. The maximum absolute atomic E-state index is 13.5. The Balaban J connectivity index is 1.72. The van der Waals surface area contributed by atoms with Crippen molar-refractivity contribution in [3.63, 3.8) is 0 Å². The van der Waals surface area contributed by atoms with Gasteiger partial charge in [0.15, 0.2) is 11.5 Å². The Morgan fingerprint density at radius 1 is 1.07 bits per heavy atom. The number of hydrogen-bond acceptors (Lipinski definition) is 4. The van der Waals surface area contributed by atoms with Crippen molar-refractivity contribution in [3.8, 4) is 0 Å². The van der Waals surface area contributed by atoms with Gasteiger partial charge in [-0.3, -0.25) is 9.59 Å². The number of rotatable bonds is 6. The van der Waals surface area contributed by atoms with E-state index >= 15 is 0 Å². The molecule has 4 rings (SSSR count). The lowest BCUT2D eigenvalue weighted by Gasteiger charge is -2.26. The lowest BCUT2D eigenvalue weighted by atomic mass is 9.95. The Bertz CT molecular complexity index is 1120. The molecule has 1 aliphatic heterocycles. The SMILES string of the molecule is Cc1ccc(C(=O)C2=C(O)C(=O)N(CCc3ccccc3)C2c2ccc(F)cc2)o1. The van der Waals surface area contributed by atoms with Crippen molar-refractivity contribution in [1.29, 1.82) is 0 Å². The molecule has 1 unspecified atom stereocenters. The summed E-state index contributed by atoms with van der Waals surface area (Å²) in [6, 6.07) is 17.5. The molecule has 30 heavy (non-hydrogen) atoms. The van der Waals surface area contributed by atoms with Gasteiger partial charge in [0.25, 0.3) is 5.91 Å². The summed E-state index contributed by atoms with van der Waals surface area (Å²) in [5.41, 5.74) is 1.49. The number of Topliss-reactive ketones (excluding diaryl/α,β-unsaturated/α-hetero) is 1. The predicted octanol–water partition coefficient (Wildman–Crippen LogP) is 4.55. The van der Waals surface area contributed by atoms with E-state index in [0.717, 1.165) is 5.56 Å². The number of benzene rings is 2. The first kappa shape index (κ1) is 19.6. The number of ketones is 1. The number of aliphatic hydroxyl groups excluding tert-OH is 1. The summed E-state index contributed by atoms with van der Waals surface area (Å²) in [5, 5.41) is 10.6. The molecule has 0 radical (unpaired) electrons. The smallest absolute Gasteiger partial charge is 0.290 e. The van der Waals surface area contributed by atoms with Crippen molar-refractivity contribution in [1.82, 2.24) is 4.90 Å². The molecule has 0 fully saturated rings. The Labute approximate surface area is 173 Å². The monoisotopic (exact) mass is 405 g/mol. The Morgan fingerprint density at radius 2 is 1.77 bits per heavy atom. The fraction of sp³-hybridized carbons (Fsp3) is 0.167. The Kier molecular flexibility index (Phi) is 5.23. The van der Waals surface area contributed by atoms with Crippen molar-refractivity contribution in [2.24, 2.45) is 0 Å². The van der Waals surface area contributed by atoms with Crippen LogP contribution in [0.3, 0.4) is 0 Å². The molecule has 5 nitrogen and oxygen atoms in total. The van der Waals surface area contributed by atoms with Gasteiger partial charge in [-0.1, -0.05) is 42.5 Å². The first-order valence-electron chi connectivity index (χ1n) is 9.60. The second-order valence-electron chi connectivity index (χ2n) is 7.19. The van der Waals surface area contributed by atoms with Crippen LogP contribution >= 0.6 is 0 Å². The minimum Gasteiger partial charge on any atom is -0.503 e. The van der Waals surface area contributed by atoms with Crippen LogP contribution in [0.25, 0.3) is 0 Å². The van der Waals surface area contributed by atoms with Crippen LogP contribution in [0.4, 0.5) is 4.39 Å². The zero-order chi connectivity index (χ0) is 21.3. The molecule has 1 amide bonds. The third kappa shape index (κ3) is 3.64. The molecule has 1 N–H and O–H groups in total. The van der Waals surface area contributed by atoms with Crippen LogP contribution in [0.5, 0.6) is 0 Å². The van der Waals surface area contributed by atoms with Crippen molar-refractivity contribution < 1.29 is 23.5 Å². The molecule has 1 aromatic heterocycles. The fourth-order valence-corrected chi connectivity index (χ4v) is 3.69. The van der Waals surface area contributed by atoms with Gasteiger partial charge in [-0.15, -0.1) is 0 Å². The molecule has 0 aliphatic carbocycles. The molecule has 6 heteroatoms. The van der Waals surface area contributed by atoms with Gasteiger partial charge in [0.05, 0.1) is 11.6 Å². The van der Waals surface area contributed by atoms with Gasteiger partial charge in [-0.05, 0) is 48.7 Å². The van der Waals surface area contributed by atoms with Gasteiger partial charge in [0.1, 0.15) is 11.6 Å². The van der Waals surface area contributed by atoms with Crippen LogP contribution in [0.2, 0.25) is 0 Å². The fourth-order valence-electron chi connectivity index (χ4n) is 3.69. The van der Waals surface area contributed by atoms with E-state index in [1.807, 2.05) is 30.3 Å². The molecule has 1 aliphatic rings. The van der Waals surface area contributed by atoms with E-state index in [1.165, 1.54) is 35.2 Å². The van der Waals surface area contributed by atoms with Crippen LogP contribution in [0, 0.1) is 12.7 Å². The maximum Gasteiger partial charge on any atom is 0.290 e. The summed E-state index contributed by atoms with van der Waals surface area (Å²) in [6.45, 7) is 1.98. The molecular formula is C24H20FNO4. The van der Waals surface area contributed by atoms with Gasteiger partial charge in [-0.25, -0.2) is 4.39 Å². The van der Waals surface area contributed by atoms with E-state index in [4.69, 9.17) is 4.42 Å². The van der Waals surface area contributed by atoms with Crippen LogP contribution < -0.4 is 0 Å². The summed E-state index contributed by atoms with van der Waals surface area (Å²) in [7, 11) is 0. The molecule has 2 heterocycles. The van der Waals surface area contributed by atoms with Crippen molar-refractivity contribution >= 4 is 11.7 Å². The number of amides is 1. The van der Waals surface area contributed by atoms with E-state index in [-0.39, 0.29) is 17.9 Å². The molecule has 152 valence electrons. The highest BCUT2D eigenvalue weighted by molar-refractivity contribution is 6.15. The molecule has 0 spiro atoms. The van der Waals surface area contributed by atoms with E-state index in [1.54, 1.807) is 13.0 Å². The summed E-state index contributed by atoms with van der Waals surface area (Å²) in [4.78, 5) is 27.5. The van der Waals surface area contributed by atoms with E-state index in [0.29, 0.717) is 17.7 Å². The highest BCUT2D eigenvalue weighted by Crippen LogP contribution is 2.39. The number of carbonyl (C=O) groups excluding carboxylic acids is 2. The molecular weight excluding hydrogens is 385 g/mol. The quantitative estimate of drug-likeness (QED) is 0.611. The number of aliphatic hydroxyl groups is 1. The average Bonchev–Trinajstić information content (AvgIpc) is 3.29. The van der Waals surface area contributed by atoms with Crippen LogP contribution in [0.1, 0.15) is 33.5 Å². The molecule has 2 aromatic carbocycles. The number of hydrogen-bond donors (Lipinski definition) is 1. The lowest BCUT2D eigenvalue weighted by molar-refractivity contribution is -0.129. The highest BCUT2D eigenvalue weighted by Gasteiger charge is 2.44. The first-order valence-corrected chi connectivity index (χ1v) is 9.60. The predicted molar refractivity (Wildman–Crippen MR) is 108 cm³/mol. The van der Waals surface area contributed by atoms with E-state index < -0.39 is 29.3 Å². The summed E-state index contributed by atoms with van der Waals surface area (Å²) in [6.07, 6.45) is 0.541. The van der Waals surface area contributed by atoms with Gasteiger partial charge < -0.3 is 14.4 Å². The van der Waals surface area contributed by atoms with Crippen LogP contribution in [-0.4, -0.2) is 28.2 Å². The molecule has 3 aromatic rings. The van der Waals surface area contributed by atoms with Crippen molar-refractivity contribution in [2.45, 2.75) is 19.4 Å². The third-order valence-electron chi connectivity index (χ3n) is 5.18. The van der Waals surface area contributed by atoms with Crippen molar-refractivity contribution in [3.05, 3.63) is 107 Å². The number of carbonyl (C=O) groups is 2. The highest BCUT2D eigenvalue weighted by atomic mass is 19.1. The Hall–Kier alpha value is -3.67. The summed E-state index contributed by atoms with van der Waals surface area (Å²) in [5.74, 6) is -1.64. The number of aryl methyl sites for hydroxylation is 1. The number of halogens is 1. The number of nitrogens with zero attached hydrogens (tertiary/aromatic N) is 1. The Morgan fingerprint density at radius 3 is 2.40 bits per heavy atom. The van der Waals surface area contributed by atoms with E-state index in [2.05, 4.69) is 0 Å². The van der Waals surface area contributed by atoms with Crippen LogP contribution in [0.15, 0.2) is 82.5 Å². The second kappa shape index (κ2) is 7.99. The van der Waals surface area contributed by atoms with Gasteiger partial charge in [0.2, 0.25) is 5.78 Å². The maximum atomic E-state index is 13.5. The van der Waals surface area contributed by atoms with Gasteiger partial charge >= 0.3 is 0 Å². The summed E-state index contributed by atoms with van der Waals surface area (Å²) >= 11 is 0. The lowest BCUT2D eigenvalue weighted by Crippen LogP contribution is -2.33. The minimum absolute atomic E-state index is 0.0406. The van der Waals surface area contributed by atoms with Crippen LogP contribution in [-0.2, 0) is 11.2 Å². The van der Waals surface area contributed by atoms with Gasteiger partial charge in [-0.2, -0.15) is 0 Å². The normalized spacial score (nSPS) is 16.4. The molecule has 0 saturated carbocycles. The van der Waals surface area contributed by atoms with E-state index in [9.17, 15) is 19.1 Å². The average molecular weight is 405 g/mol. The first-order chi connectivity index (χ1) is 14.5. The third-order valence-corrected chi connectivity index (χ3v) is 5.18. The zero-order valence-corrected chi connectivity index (χ0v) is 16.3. The molecule has 1 atom stereocenters. The minimum atomic E-state index is -0.834. The largest absolute Gasteiger partial charge is 0.503 e. The molecule has 0 bridgehead atoms.